The van der Waals surface area contributed by atoms with Crippen LogP contribution in [-0.4, -0.2) is 27.5 Å². The van der Waals surface area contributed by atoms with Crippen molar-refractivity contribution in [2.24, 2.45) is 0 Å². The van der Waals surface area contributed by atoms with Crippen LogP contribution in [0.5, 0.6) is 5.75 Å². The number of para-hydroxylation sites is 1. The highest BCUT2D eigenvalue weighted by Crippen LogP contribution is 2.28. The number of carbonyl (C=O) groups is 2. The first-order valence-corrected chi connectivity index (χ1v) is 11.0. The summed E-state index contributed by atoms with van der Waals surface area (Å²) in [4.78, 5) is 24.5. The fourth-order valence-electron chi connectivity index (χ4n) is 2.88. The fraction of sp³-hybridized carbons (Fsp3) is 0.130. The van der Waals surface area contributed by atoms with Gasteiger partial charge in [-0.1, -0.05) is 30.3 Å². The number of hydrogen-bond acceptors (Lipinski definition) is 6. The van der Waals surface area contributed by atoms with E-state index in [9.17, 15) is 18.0 Å². The summed E-state index contributed by atoms with van der Waals surface area (Å²) in [6.07, 6.45) is 0. The largest absolute Gasteiger partial charge is 0.465 e. The molecule has 0 spiro atoms. The Hall–Kier alpha value is -3.85. The minimum Gasteiger partial charge on any atom is -0.465 e. The maximum Gasteiger partial charge on any atom is 0.341 e. The van der Waals surface area contributed by atoms with Crippen LogP contribution in [0.4, 0.5) is 16.2 Å². The van der Waals surface area contributed by atoms with Gasteiger partial charge in [0.15, 0.2) is 5.75 Å². The van der Waals surface area contributed by atoms with E-state index in [1.807, 2.05) is 19.1 Å². The molecular formula is C23H22N2O6S. The Morgan fingerprint density at radius 2 is 1.62 bits per heavy atom. The molecule has 0 atom stereocenters. The number of carbonyl (C=O) groups excluding carboxylic acids is 2. The van der Waals surface area contributed by atoms with Crippen molar-refractivity contribution < 1.29 is 26.9 Å². The molecule has 0 unspecified atom stereocenters. The summed E-state index contributed by atoms with van der Waals surface area (Å²) in [5.74, 6) is -1.05. The summed E-state index contributed by atoms with van der Waals surface area (Å²) < 4.78 is 35.5. The lowest BCUT2D eigenvalue weighted by molar-refractivity contribution is 0.0599. The third-order valence-corrected chi connectivity index (χ3v) is 5.75. The van der Waals surface area contributed by atoms with E-state index in [4.69, 9.17) is 8.92 Å². The highest BCUT2D eigenvalue weighted by Gasteiger charge is 2.22. The first-order chi connectivity index (χ1) is 15.2. The second kappa shape index (κ2) is 9.52. The monoisotopic (exact) mass is 454 g/mol. The number of amides is 2. The topological polar surface area (TPSA) is 111 Å². The van der Waals surface area contributed by atoms with Gasteiger partial charge in [0.25, 0.3) is 0 Å². The van der Waals surface area contributed by atoms with E-state index in [1.54, 1.807) is 31.2 Å². The Bertz CT molecular complexity index is 1270. The second-order valence-corrected chi connectivity index (χ2v) is 8.50. The molecule has 0 fully saturated rings. The van der Waals surface area contributed by atoms with Crippen LogP contribution >= 0.6 is 0 Å². The molecule has 0 aromatic heterocycles. The minimum atomic E-state index is -4.24. The summed E-state index contributed by atoms with van der Waals surface area (Å²) in [6.45, 7) is 3.60. The molecule has 3 rings (SSSR count). The summed E-state index contributed by atoms with van der Waals surface area (Å²) in [5, 5.41) is 5.31. The maximum atomic E-state index is 12.8. The van der Waals surface area contributed by atoms with Crippen molar-refractivity contribution in [2.75, 3.05) is 17.7 Å². The Morgan fingerprint density at radius 3 is 2.31 bits per heavy atom. The molecular weight excluding hydrogens is 432 g/mol. The molecule has 0 aliphatic rings. The van der Waals surface area contributed by atoms with Crippen molar-refractivity contribution in [3.8, 4) is 5.75 Å². The van der Waals surface area contributed by atoms with Gasteiger partial charge in [-0.3, -0.25) is 0 Å². The van der Waals surface area contributed by atoms with Crippen LogP contribution in [0.3, 0.4) is 0 Å². The Morgan fingerprint density at radius 1 is 0.875 bits per heavy atom. The SMILES string of the molecule is COC(=O)c1ccc(NC(=O)Nc2ccccc2C)cc1OS(=O)(=O)c1cccc(C)c1. The number of methoxy groups -OCH3 is 1. The van der Waals surface area contributed by atoms with Gasteiger partial charge in [0.05, 0.1) is 7.11 Å². The standard InChI is InChI=1S/C23H22N2O6S/c1-15-7-6-9-18(13-15)32(28,29)31-21-14-17(11-12-19(21)22(26)30-3)24-23(27)25-20-10-5-4-8-16(20)2/h4-14H,1-3H3,(H2,24,25,27). The van der Waals surface area contributed by atoms with E-state index in [2.05, 4.69) is 10.6 Å². The van der Waals surface area contributed by atoms with Crippen molar-refractivity contribution in [1.29, 1.82) is 0 Å². The summed E-state index contributed by atoms with van der Waals surface area (Å²) in [6, 6.07) is 16.9. The smallest absolute Gasteiger partial charge is 0.341 e. The molecule has 3 aromatic rings. The van der Waals surface area contributed by atoms with Crippen molar-refractivity contribution >= 4 is 33.5 Å². The molecule has 0 aliphatic heterocycles. The van der Waals surface area contributed by atoms with Crippen LogP contribution in [-0.2, 0) is 14.9 Å². The zero-order valence-corrected chi connectivity index (χ0v) is 18.5. The molecule has 166 valence electrons. The molecule has 9 heteroatoms. The summed E-state index contributed by atoms with van der Waals surface area (Å²) in [7, 11) is -3.07. The number of anilines is 2. The lowest BCUT2D eigenvalue weighted by Crippen LogP contribution is -2.20. The average molecular weight is 455 g/mol. The van der Waals surface area contributed by atoms with Crippen LogP contribution in [0, 0.1) is 13.8 Å². The van der Waals surface area contributed by atoms with Crippen LogP contribution in [0.1, 0.15) is 21.5 Å². The first kappa shape index (κ1) is 22.8. The number of hydrogen-bond donors (Lipinski definition) is 2. The summed E-state index contributed by atoms with van der Waals surface area (Å²) in [5.41, 5.74) is 2.34. The van der Waals surface area contributed by atoms with Gasteiger partial charge in [0.2, 0.25) is 0 Å². The molecule has 32 heavy (non-hydrogen) atoms. The van der Waals surface area contributed by atoms with Gasteiger partial charge < -0.3 is 19.6 Å². The van der Waals surface area contributed by atoms with E-state index in [-0.39, 0.29) is 21.9 Å². The highest BCUT2D eigenvalue weighted by molar-refractivity contribution is 7.87. The van der Waals surface area contributed by atoms with Gasteiger partial charge in [0.1, 0.15) is 10.5 Å². The molecule has 2 amide bonds. The maximum absolute atomic E-state index is 12.8. The second-order valence-electron chi connectivity index (χ2n) is 6.95. The number of urea groups is 1. The van der Waals surface area contributed by atoms with Crippen LogP contribution in [0.25, 0.3) is 0 Å². The van der Waals surface area contributed by atoms with Crippen molar-refractivity contribution in [3.05, 3.63) is 83.4 Å². The number of rotatable bonds is 6. The molecule has 0 saturated heterocycles. The lowest BCUT2D eigenvalue weighted by atomic mass is 10.2. The molecule has 0 heterocycles. The zero-order chi connectivity index (χ0) is 23.3. The van der Waals surface area contributed by atoms with Crippen LogP contribution in [0.2, 0.25) is 0 Å². The Balaban J connectivity index is 1.89. The van der Waals surface area contributed by atoms with Crippen molar-refractivity contribution in [2.45, 2.75) is 18.7 Å². The molecule has 2 N–H and O–H groups in total. The van der Waals surface area contributed by atoms with E-state index in [0.717, 1.165) is 11.1 Å². The number of esters is 1. The molecule has 0 radical (unpaired) electrons. The zero-order valence-electron chi connectivity index (χ0n) is 17.7. The molecule has 0 saturated carbocycles. The van der Waals surface area contributed by atoms with E-state index < -0.39 is 22.1 Å². The third-order valence-electron chi connectivity index (χ3n) is 4.52. The first-order valence-electron chi connectivity index (χ1n) is 9.57. The lowest BCUT2D eigenvalue weighted by Gasteiger charge is -2.14. The Kier molecular flexibility index (Phi) is 6.79. The van der Waals surface area contributed by atoms with Gasteiger partial charge >= 0.3 is 22.1 Å². The number of nitrogens with one attached hydrogen (secondary N) is 2. The predicted molar refractivity (Wildman–Crippen MR) is 121 cm³/mol. The number of ether oxygens (including phenoxy) is 1. The third kappa shape index (κ3) is 5.44. The highest BCUT2D eigenvalue weighted by atomic mass is 32.2. The molecule has 0 bridgehead atoms. The molecule has 8 nitrogen and oxygen atoms in total. The Labute approximate surface area is 186 Å². The van der Waals surface area contributed by atoms with Crippen LogP contribution in [0.15, 0.2) is 71.6 Å². The molecule has 0 aliphatic carbocycles. The van der Waals surface area contributed by atoms with Gasteiger partial charge in [-0.25, -0.2) is 9.59 Å². The van der Waals surface area contributed by atoms with Crippen molar-refractivity contribution in [3.63, 3.8) is 0 Å². The van der Waals surface area contributed by atoms with E-state index >= 15 is 0 Å². The van der Waals surface area contributed by atoms with Gasteiger partial charge in [-0.2, -0.15) is 8.42 Å². The average Bonchev–Trinajstić information content (AvgIpc) is 2.75. The normalized spacial score (nSPS) is 10.8. The fourth-order valence-corrected chi connectivity index (χ4v) is 3.93. The van der Waals surface area contributed by atoms with Gasteiger partial charge in [0, 0.05) is 17.4 Å². The predicted octanol–water partition coefficient (Wildman–Crippen LogP) is 4.50. The number of benzene rings is 3. The van der Waals surface area contributed by atoms with E-state index in [1.165, 1.54) is 37.4 Å². The quantitative estimate of drug-likeness (QED) is 0.419. The van der Waals surface area contributed by atoms with Crippen molar-refractivity contribution in [1.82, 2.24) is 0 Å². The van der Waals surface area contributed by atoms with Crippen LogP contribution < -0.4 is 14.8 Å². The minimum absolute atomic E-state index is 0.0658. The van der Waals surface area contributed by atoms with E-state index in [0.29, 0.717) is 5.69 Å². The number of aryl methyl sites for hydroxylation is 2. The summed E-state index contributed by atoms with van der Waals surface area (Å²) >= 11 is 0. The molecule has 3 aromatic carbocycles. The van der Waals surface area contributed by atoms with Gasteiger partial charge in [-0.15, -0.1) is 0 Å². The van der Waals surface area contributed by atoms with Gasteiger partial charge in [-0.05, 0) is 55.3 Å².